The van der Waals surface area contributed by atoms with Gasteiger partial charge in [-0.3, -0.25) is 4.90 Å². The Labute approximate surface area is 185 Å². The molecule has 5 rings (SSSR count). The molecule has 0 amide bonds. The van der Waals surface area contributed by atoms with Crippen LogP contribution in [0, 0.1) is 11.6 Å². The van der Waals surface area contributed by atoms with E-state index >= 15 is 0 Å². The van der Waals surface area contributed by atoms with Crippen LogP contribution in [0.3, 0.4) is 0 Å². The first-order chi connectivity index (χ1) is 15.7. The smallest absolute Gasteiger partial charge is 0.132 e. The Morgan fingerprint density at radius 3 is 2.16 bits per heavy atom. The minimum Gasteiger partial charge on any atom is -0.379 e. The van der Waals surface area contributed by atoms with Gasteiger partial charge in [-0.05, 0) is 47.5 Å². The standard InChI is InChI=1S/C26H23F2N3O/c27-22-9-5-19(6-10-22)20-7-11-23(12-8-20)31-26(24-3-1-2-4-25(24)28)21(17-29-31)18-30-13-15-32-16-14-30/h1-12,17H,13-16,18H2. The average molecular weight is 431 g/mol. The van der Waals surface area contributed by atoms with Gasteiger partial charge in [-0.2, -0.15) is 5.10 Å². The molecular formula is C26H23F2N3O. The first kappa shape index (κ1) is 20.5. The molecule has 4 aromatic rings. The van der Waals surface area contributed by atoms with Gasteiger partial charge in [0.15, 0.2) is 0 Å². The van der Waals surface area contributed by atoms with Gasteiger partial charge in [0.05, 0.1) is 30.8 Å². The number of hydrogen-bond donors (Lipinski definition) is 0. The molecule has 1 saturated heterocycles. The van der Waals surface area contributed by atoms with Gasteiger partial charge in [0.2, 0.25) is 0 Å². The zero-order valence-corrected chi connectivity index (χ0v) is 17.5. The van der Waals surface area contributed by atoms with Crippen molar-refractivity contribution < 1.29 is 13.5 Å². The first-order valence-corrected chi connectivity index (χ1v) is 10.7. The van der Waals surface area contributed by atoms with Crippen molar-refractivity contribution in [2.45, 2.75) is 6.54 Å². The highest BCUT2D eigenvalue weighted by molar-refractivity contribution is 5.68. The molecule has 0 radical (unpaired) electrons. The summed E-state index contributed by atoms with van der Waals surface area (Å²) in [5.41, 5.74) is 4.99. The lowest BCUT2D eigenvalue weighted by Gasteiger charge is -2.26. The SMILES string of the molecule is Fc1ccc(-c2ccc(-n3ncc(CN4CCOCC4)c3-c3ccccc3F)cc2)cc1. The number of nitrogens with zero attached hydrogens (tertiary/aromatic N) is 3. The summed E-state index contributed by atoms with van der Waals surface area (Å²) in [5.74, 6) is -0.537. The molecule has 0 N–H and O–H groups in total. The van der Waals surface area contributed by atoms with Gasteiger partial charge < -0.3 is 4.74 Å². The van der Waals surface area contributed by atoms with E-state index in [1.165, 1.54) is 18.2 Å². The summed E-state index contributed by atoms with van der Waals surface area (Å²) >= 11 is 0. The molecular weight excluding hydrogens is 408 g/mol. The van der Waals surface area contributed by atoms with Crippen molar-refractivity contribution in [3.05, 3.63) is 96.2 Å². The highest BCUT2D eigenvalue weighted by atomic mass is 19.1. The van der Waals surface area contributed by atoms with Crippen molar-refractivity contribution >= 4 is 0 Å². The third-order valence-electron chi connectivity index (χ3n) is 5.76. The van der Waals surface area contributed by atoms with E-state index in [9.17, 15) is 8.78 Å². The number of ether oxygens (including phenoxy) is 1. The van der Waals surface area contributed by atoms with E-state index in [2.05, 4.69) is 10.00 Å². The Hall–Kier alpha value is -3.35. The lowest BCUT2D eigenvalue weighted by atomic mass is 10.0. The van der Waals surface area contributed by atoms with Crippen LogP contribution >= 0.6 is 0 Å². The molecule has 2 heterocycles. The van der Waals surface area contributed by atoms with Crippen molar-refractivity contribution in [1.29, 1.82) is 0 Å². The summed E-state index contributed by atoms with van der Waals surface area (Å²) in [4.78, 5) is 2.30. The molecule has 1 fully saturated rings. The lowest BCUT2D eigenvalue weighted by Crippen LogP contribution is -2.35. The molecule has 3 aromatic carbocycles. The quantitative estimate of drug-likeness (QED) is 0.429. The van der Waals surface area contributed by atoms with E-state index in [1.807, 2.05) is 36.5 Å². The molecule has 0 saturated carbocycles. The second-order valence-corrected chi connectivity index (χ2v) is 7.85. The molecule has 6 heteroatoms. The highest BCUT2D eigenvalue weighted by Crippen LogP contribution is 2.31. The van der Waals surface area contributed by atoms with Gasteiger partial charge in [-0.15, -0.1) is 0 Å². The van der Waals surface area contributed by atoms with Crippen LogP contribution in [0.5, 0.6) is 0 Å². The van der Waals surface area contributed by atoms with Gasteiger partial charge in [-0.25, -0.2) is 13.5 Å². The summed E-state index contributed by atoms with van der Waals surface area (Å²) in [7, 11) is 0. The Morgan fingerprint density at radius 1 is 0.812 bits per heavy atom. The Kier molecular flexibility index (Phi) is 5.79. The topological polar surface area (TPSA) is 30.3 Å². The zero-order chi connectivity index (χ0) is 21.9. The fourth-order valence-electron chi connectivity index (χ4n) is 4.07. The van der Waals surface area contributed by atoms with Crippen LogP contribution in [0.25, 0.3) is 28.1 Å². The summed E-state index contributed by atoms with van der Waals surface area (Å²) in [6.45, 7) is 3.77. The molecule has 32 heavy (non-hydrogen) atoms. The van der Waals surface area contributed by atoms with Crippen LogP contribution in [0.4, 0.5) is 8.78 Å². The normalized spacial score (nSPS) is 14.6. The molecule has 4 nitrogen and oxygen atoms in total. The highest BCUT2D eigenvalue weighted by Gasteiger charge is 2.20. The molecule has 0 bridgehead atoms. The average Bonchev–Trinajstić information content (AvgIpc) is 3.24. The van der Waals surface area contributed by atoms with E-state index in [0.717, 1.165) is 41.2 Å². The van der Waals surface area contributed by atoms with Crippen LogP contribution in [-0.2, 0) is 11.3 Å². The predicted molar refractivity (Wildman–Crippen MR) is 120 cm³/mol. The second-order valence-electron chi connectivity index (χ2n) is 7.85. The Bertz CT molecular complexity index is 1200. The zero-order valence-electron chi connectivity index (χ0n) is 17.5. The maximum atomic E-state index is 14.8. The summed E-state index contributed by atoms with van der Waals surface area (Å²) in [5, 5.41) is 4.63. The van der Waals surface area contributed by atoms with Gasteiger partial charge in [0.1, 0.15) is 11.6 Å². The van der Waals surface area contributed by atoms with E-state index in [4.69, 9.17) is 4.74 Å². The van der Waals surface area contributed by atoms with Crippen molar-refractivity contribution in [1.82, 2.24) is 14.7 Å². The number of rotatable bonds is 5. The summed E-state index contributed by atoms with van der Waals surface area (Å²) < 4.78 is 35.3. The van der Waals surface area contributed by atoms with Crippen LogP contribution in [-0.4, -0.2) is 41.0 Å². The molecule has 0 unspecified atom stereocenters. The number of aromatic nitrogens is 2. The molecule has 162 valence electrons. The molecule has 1 aliphatic rings. The summed E-state index contributed by atoms with van der Waals surface area (Å²) in [6, 6.07) is 21.0. The third kappa shape index (κ3) is 4.20. The van der Waals surface area contributed by atoms with Gasteiger partial charge in [0, 0.05) is 30.8 Å². The van der Waals surface area contributed by atoms with Crippen molar-refractivity contribution in [2.24, 2.45) is 0 Å². The lowest BCUT2D eigenvalue weighted by molar-refractivity contribution is 0.0342. The monoisotopic (exact) mass is 431 g/mol. The van der Waals surface area contributed by atoms with Crippen molar-refractivity contribution in [2.75, 3.05) is 26.3 Å². The van der Waals surface area contributed by atoms with Gasteiger partial charge >= 0.3 is 0 Å². The first-order valence-electron chi connectivity index (χ1n) is 10.7. The van der Waals surface area contributed by atoms with Crippen molar-refractivity contribution in [3.8, 4) is 28.1 Å². The fraction of sp³-hybridized carbons (Fsp3) is 0.192. The molecule has 1 aliphatic heterocycles. The molecule has 0 spiro atoms. The number of benzene rings is 3. The largest absolute Gasteiger partial charge is 0.379 e. The van der Waals surface area contributed by atoms with E-state index < -0.39 is 0 Å². The maximum Gasteiger partial charge on any atom is 0.132 e. The number of hydrogen-bond acceptors (Lipinski definition) is 3. The maximum absolute atomic E-state index is 14.8. The fourth-order valence-corrected chi connectivity index (χ4v) is 4.07. The van der Waals surface area contributed by atoms with E-state index in [1.54, 1.807) is 28.9 Å². The molecule has 0 atom stereocenters. The predicted octanol–water partition coefficient (Wildman–Crippen LogP) is 5.32. The van der Waals surface area contributed by atoms with Crippen molar-refractivity contribution in [3.63, 3.8) is 0 Å². The molecule has 1 aromatic heterocycles. The van der Waals surface area contributed by atoms with E-state index in [0.29, 0.717) is 25.3 Å². The second kappa shape index (κ2) is 9.02. The van der Waals surface area contributed by atoms with Crippen LogP contribution in [0.15, 0.2) is 79.0 Å². The van der Waals surface area contributed by atoms with Crippen LogP contribution < -0.4 is 0 Å². The van der Waals surface area contributed by atoms with Crippen LogP contribution in [0.1, 0.15) is 5.56 Å². The Morgan fingerprint density at radius 2 is 1.47 bits per heavy atom. The molecule has 0 aliphatic carbocycles. The summed E-state index contributed by atoms with van der Waals surface area (Å²) in [6.07, 6.45) is 1.82. The van der Waals surface area contributed by atoms with Crippen LogP contribution in [0.2, 0.25) is 0 Å². The van der Waals surface area contributed by atoms with Gasteiger partial charge in [-0.1, -0.05) is 36.4 Å². The third-order valence-corrected chi connectivity index (χ3v) is 5.76. The number of morpholine rings is 1. The minimum atomic E-state index is -0.277. The Balaban J connectivity index is 1.53. The van der Waals surface area contributed by atoms with E-state index in [-0.39, 0.29) is 11.6 Å². The van der Waals surface area contributed by atoms with Gasteiger partial charge in [0.25, 0.3) is 0 Å². The number of halogens is 2. The minimum absolute atomic E-state index is 0.260.